The van der Waals surface area contributed by atoms with Gasteiger partial charge in [0.2, 0.25) is 12.2 Å². The Morgan fingerprint density at radius 2 is 1.41 bits per heavy atom. The van der Waals surface area contributed by atoms with Gasteiger partial charge in [0.25, 0.3) is 0 Å². The second-order valence-electron chi connectivity index (χ2n) is 4.36. The first-order chi connectivity index (χ1) is 7.54. The highest BCUT2D eigenvalue weighted by molar-refractivity contribution is 5.85. The highest BCUT2D eigenvalue weighted by Gasteiger charge is 2.40. The molecule has 0 fully saturated rings. The minimum absolute atomic E-state index is 0.878. The van der Waals surface area contributed by atoms with Crippen LogP contribution in [0.3, 0.4) is 0 Å². The maximum Gasteiger partial charge on any atom is 0.348 e. The first-order valence-corrected chi connectivity index (χ1v) is 4.85. The quantitative estimate of drug-likeness (QED) is 0.672. The summed E-state index contributed by atoms with van der Waals surface area (Å²) in [6, 6.07) is 0. The van der Waals surface area contributed by atoms with Crippen molar-refractivity contribution in [2.24, 2.45) is 0 Å². The lowest BCUT2D eigenvalue weighted by atomic mass is 10.1. The van der Waals surface area contributed by atoms with Crippen molar-refractivity contribution < 1.29 is 34.1 Å². The molecular formula is C10H16O7. The summed E-state index contributed by atoms with van der Waals surface area (Å²) < 4.78 is 9.50. The van der Waals surface area contributed by atoms with E-state index in [1.807, 2.05) is 0 Å². The molecule has 0 radical (unpaired) electrons. The molecule has 7 heteroatoms. The summed E-state index contributed by atoms with van der Waals surface area (Å²) in [6.07, 6.45) is -3.62. The molecule has 2 unspecified atom stereocenters. The maximum absolute atomic E-state index is 10.9. The van der Waals surface area contributed by atoms with Crippen LogP contribution in [0.15, 0.2) is 0 Å². The van der Waals surface area contributed by atoms with Crippen molar-refractivity contribution >= 4 is 17.9 Å². The lowest BCUT2D eigenvalue weighted by Gasteiger charge is -2.27. The van der Waals surface area contributed by atoms with Gasteiger partial charge in [-0.15, -0.1) is 0 Å². The smallest absolute Gasteiger partial charge is 0.348 e. The fourth-order valence-electron chi connectivity index (χ4n) is 1.04. The van der Waals surface area contributed by atoms with E-state index in [9.17, 15) is 14.4 Å². The lowest BCUT2D eigenvalue weighted by molar-refractivity contribution is -0.191. The summed E-state index contributed by atoms with van der Waals surface area (Å²) >= 11 is 0. The summed E-state index contributed by atoms with van der Waals surface area (Å²) in [4.78, 5) is 32.5. The summed E-state index contributed by atoms with van der Waals surface area (Å²) in [7, 11) is 0. The van der Waals surface area contributed by atoms with Gasteiger partial charge in [-0.05, 0) is 20.8 Å². The fourth-order valence-corrected chi connectivity index (χ4v) is 1.04. The highest BCUT2D eigenvalue weighted by atomic mass is 16.6. The number of hydrogen-bond donors (Lipinski definition) is 2. The molecule has 0 saturated carbocycles. The van der Waals surface area contributed by atoms with E-state index < -0.39 is 35.7 Å². The average Bonchev–Trinajstić information content (AvgIpc) is 2.08. The van der Waals surface area contributed by atoms with Gasteiger partial charge in [-0.3, -0.25) is 4.79 Å². The van der Waals surface area contributed by atoms with E-state index in [2.05, 4.69) is 4.74 Å². The number of carbonyl (C=O) groups is 3. The molecule has 0 aromatic carbocycles. The average molecular weight is 248 g/mol. The van der Waals surface area contributed by atoms with Crippen LogP contribution in [-0.4, -0.2) is 45.9 Å². The van der Waals surface area contributed by atoms with Crippen molar-refractivity contribution in [3.8, 4) is 0 Å². The molecule has 0 heterocycles. The van der Waals surface area contributed by atoms with Gasteiger partial charge in [-0.25, -0.2) is 9.59 Å². The van der Waals surface area contributed by atoms with Gasteiger partial charge in [0.15, 0.2) is 0 Å². The molecule has 17 heavy (non-hydrogen) atoms. The molecular weight excluding hydrogens is 232 g/mol. The van der Waals surface area contributed by atoms with Crippen LogP contribution in [0.25, 0.3) is 0 Å². The number of ether oxygens (including phenoxy) is 2. The number of carbonyl (C=O) groups excluding carboxylic acids is 1. The molecule has 0 aliphatic heterocycles. The van der Waals surface area contributed by atoms with E-state index in [4.69, 9.17) is 14.9 Å². The zero-order valence-corrected chi connectivity index (χ0v) is 10.1. The fraction of sp³-hybridized carbons (Fsp3) is 0.700. The predicted molar refractivity (Wildman–Crippen MR) is 55.5 cm³/mol. The minimum atomic E-state index is -1.87. The van der Waals surface area contributed by atoms with Crippen LogP contribution in [0.5, 0.6) is 0 Å². The van der Waals surface area contributed by atoms with Gasteiger partial charge in [0.05, 0.1) is 5.60 Å². The molecule has 0 spiro atoms. The van der Waals surface area contributed by atoms with E-state index >= 15 is 0 Å². The van der Waals surface area contributed by atoms with Crippen LogP contribution < -0.4 is 0 Å². The third-order valence-electron chi connectivity index (χ3n) is 1.54. The lowest BCUT2D eigenvalue weighted by Crippen LogP contribution is -2.47. The summed E-state index contributed by atoms with van der Waals surface area (Å²) in [5, 5.41) is 17.7. The number of esters is 1. The van der Waals surface area contributed by atoms with E-state index in [0.717, 1.165) is 6.92 Å². The summed E-state index contributed by atoms with van der Waals surface area (Å²) in [5.74, 6) is -3.97. The molecule has 0 saturated heterocycles. The van der Waals surface area contributed by atoms with Crippen molar-refractivity contribution in [2.75, 3.05) is 0 Å². The topological polar surface area (TPSA) is 110 Å². The van der Waals surface area contributed by atoms with E-state index in [1.165, 1.54) is 0 Å². The van der Waals surface area contributed by atoms with Crippen molar-refractivity contribution in [3.05, 3.63) is 0 Å². The van der Waals surface area contributed by atoms with Gasteiger partial charge in [-0.1, -0.05) is 0 Å². The SMILES string of the molecule is CC(=O)OC(C(=O)O)C(OC(C)(C)C)C(=O)O. The summed E-state index contributed by atoms with van der Waals surface area (Å²) in [5.41, 5.74) is -0.878. The zero-order chi connectivity index (χ0) is 13.8. The number of rotatable bonds is 5. The van der Waals surface area contributed by atoms with Crippen molar-refractivity contribution in [3.63, 3.8) is 0 Å². The highest BCUT2D eigenvalue weighted by Crippen LogP contribution is 2.16. The Labute approximate surface area is 98.3 Å². The third kappa shape index (κ3) is 5.86. The molecule has 0 aliphatic carbocycles. The molecule has 0 rings (SSSR count). The molecule has 2 N–H and O–H groups in total. The molecule has 0 aromatic heterocycles. The molecule has 0 aromatic rings. The maximum atomic E-state index is 10.9. The molecule has 0 bridgehead atoms. The van der Waals surface area contributed by atoms with E-state index in [1.54, 1.807) is 20.8 Å². The summed E-state index contributed by atoms with van der Waals surface area (Å²) in [6.45, 7) is 5.69. The second kappa shape index (κ2) is 5.62. The van der Waals surface area contributed by atoms with Gasteiger partial charge in [0.1, 0.15) is 0 Å². The molecule has 7 nitrogen and oxygen atoms in total. The molecule has 98 valence electrons. The number of carboxylic acid groups (broad SMARTS) is 2. The largest absolute Gasteiger partial charge is 0.479 e. The standard InChI is InChI=1S/C10H16O7/c1-5(11)16-6(8(12)13)7(9(14)15)17-10(2,3)4/h6-7H,1-4H3,(H,12,13)(H,14,15). The monoisotopic (exact) mass is 248 g/mol. The predicted octanol–water partition coefficient (Wildman–Crippen LogP) is 0.271. The van der Waals surface area contributed by atoms with Crippen LogP contribution >= 0.6 is 0 Å². The molecule has 0 amide bonds. The minimum Gasteiger partial charge on any atom is -0.479 e. The van der Waals surface area contributed by atoms with Gasteiger partial charge in [0, 0.05) is 6.92 Å². The van der Waals surface area contributed by atoms with Gasteiger partial charge < -0.3 is 19.7 Å². The van der Waals surface area contributed by atoms with E-state index in [0.29, 0.717) is 0 Å². The van der Waals surface area contributed by atoms with Gasteiger partial charge in [-0.2, -0.15) is 0 Å². The number of hydrogen-bond acceptors (Lipinski definition) is 5. The van der Waals surface area contributed by atoms with E-state index in [-0.39, 0.29) is 0 Å². The van der Waals surface area contributed by atoms with Crippen LogP contribution in [0.4, 0.5) is 0 Å². The zero-order valence-electron chi connectivity index (χ0n) is 10.1. The van der Waals surface area contributed by atoms with Crippen molar-refractivity contribution in [1.29, 1.82) is 0 Å². The Kier molecular flexibility index (Phi) is 5.09. The van der Waals surface area contributed by atoms with Crippen LogP contribution in [0, 0.1) is 0 Å². The van der Waals surface area contributed by atoms with Crippen LogP contribution in [0.2, 0.25) is 0 Å². The second-order valence-corrected chi connectivity index (χ2v) is 4.36. The Bertz CT molecular complexity index is 315. The van der Waals surface area contributed by atoms with Crippen molar-refractivity contribution in [1.82, 2.24) is 0 Å². The van der Waals surface area contributed by atoms with Crippen LogP contribution in [0.1, 0.15) is 27.7 Å². The third-order valence-corrected chi connectivity index (χ3v) is 1.54. The number of carboxylic acids is 2. The Morgan fingerprint density at radius 1 is 1.00 bits per heavy atom. The Balaban J connectivity index is 5.03. The normalized spacial score (nSPS) is 14.8. The van der Waals surface area contributed by atoms with Crippen LogP contribution in [-0.2, 0) is 23.9 Å². The molecule has 0 aliphatic rings. The Morgan fingerprint density at radius 3 is 1.65 bits per heavy atom. The number of aliphatic carboxylic acids is 2. The van der Waals surface area contributed by atoms with Gasteiger partial charge >= 0.3 is 17.9 Å². The first-order valence-electron chi connectivity index (χ1n) is 4.85. The van der Waals surface area contributed by atoms with Crippen molar-refractivity contribution in [2.45, 2.75) is 45.5 Å². The first kappa shape index (κ1) is 15.4. The molecule has 2 atom stereocenters. The Hall–Kier alpha value is -1.63.